The standard InChI is InChI=1S/3CH2O4.Cr/c3*2-1(3)5-4;/h3*4H,(H,2,3);. The fraction of sp³-hybridized carbons (Fsp3) is 0. The predicted octanol–water partition coefficient (Wildman–Crippen LogP) is 0.460. The second-order valence-electron chi connectivity index (χ2n) is 1.07. The minimum absolute atomic E-state index is 0. The van der Waals surface area contributed by atoms with Gasteiger partial charge >= 0.3 is 18.5 Å². The Morgan fingerprint density at radius 2 is 0.688 bits per heavy atom. The van der Waals surface area contributed by atoms with Gasteiger partial charge in [-0.3, -0.25) is 14.7 Å². The molecule has 0 aliphatic rings. The van der Waals surface area contributed by atoms with Crippen LogP contribution in [-0.2, 0) is 32.0 Å². The summed E-state index contributed by atoms with van der Waals surface area (Å²) < 4.78 is 0. The molecule has 0 fully saturated rings. The summed E-state index contributed by atoms with van der Waals surface area (Å²) in [5, 5.41) is 42.9. The molecule has 0 amide bonds. The van der Waals surface area contributed by atoms with Crippen molar-refractivity contribution in [1.29, 1.82) is 0 Å². The van der Waals surface area contributed by atoms with Crippen molar-refractivity contribution in [3.8, 4) is 0 Å². The molecule has 0 atom stereocenters. The molecule has 0 aromatic rings. The fourth-order valence-corrected chi connectivity index (χ4v) is 0. The summed E-state index contributed by atoms with van der Waals surface area (Å²) in [5.74, 6) is 0. The van der Waals surface area contributed by atoms with Gasteiger partial charge in [0.05, 0.1) is 0 Å². The summed E-state index contributed by atoms with van der Waals surface area (Å²) in [4.78, 5) is 34.7. The monoisotopic (exact) mass is 286 g/mol. The first-order valence-electron chi connectivity index (χ1n) is 2.44. The van der Waals surface area contributed by atoms with Crippen molar-refractivity contribution in [2.75, 3.05) is 0 Å². The van der Waals surface area contributed by atoms with Crippen LogP contribution < -0.4 is 0 Å². The van der Waals surface area contributed by atoms with Gasteiger partial charge < -0.3 is 15.3 Å². The number of rotatable bonds is 0. The Morgan fingerprint density at radius 3 is 0.688 bits per heavy atom. The largest absolute Gasteiger partial charge is 0.537 e. The first-order valence-corrected chi connectivity index (χ1v) is 2.44. The second-order valence-corrected chi connectivity index (χ2v) is 1.07. The van der Waals surface area contributed by atoms with E-state index in [0.717, 1.165) is 0 Å². The molecule has 0 heterocycles. The van der Waals surface area contributed by atoms with E-state index in [2.05, 4.69) is 14.7 Å². The predicted molar refractivity (Wildman–Crippen MR) is 35.2 cm³/mol. The zero-order valence-electron chi connectivity index (χ0n) is 7.04. The summed E-state index contributed by atoms with van der Waals surface area (Å²) in [6, 6.07) is 0. The smallest absolute Gasteiger partial charge is 0.448 e. The summed E-state index contributed by atoms with van der Waals surface area (Å²) in [7, 11) is 0. The van der Waals surface area contributed by atoms with Gasteiger partial charge in [-0.25, -0.2) is 14.4 Å². The van der Waals surface area contributed by atoms with E-state index in [0.29, 0.717) is 0 Å². The summed E-state index contributed by atoms with van der Waals surface area (Å²) in [6.45, 7) is 0. The van der Waals surface area contributed by atoms with Crippen LogP contribution in [-0.4, -0.2) is 49.6 Å². The number of hydrogen-bond acceptors (Lipinski definition) is 9. The maximum absolute atomic E-state index is 8.90. The fourth-order valence-electron chi connectivity index (χ4n) is 0. The molecule has 0 unspecified atom stereocenters. The normalized spacial score (nSPS) is 6.19. The summed E-state index contributed by atoms with van der Waals surface area (Å²) in [6.07, 6.45) is -5.07. The van der Waals surface area contributed by atoms with Gasteiger partial charge in [-0.15, -0.1) is 0 Å². The third-order valence-corrected chi connectivity index (χ3v) is 0.234. The molecule has 0 spiro atoms. The maximum Gasteiger partial charge on any atom is 0.537 e. The first-order chi connectivity index (χ1) is 6.81. The summed E-state index contributed by atoms with van der Waals surface area (Å²) >= 11 is 0. The number of carbonyl (C=O) groups is 3. The van der Waals surface area contributed by atoms with Crippen molar-refractivity contribution in [1.82, 2.24) is 0 Å². The Morgan fingerprint density at radius 1 is 0.625 bits per heavy atom. The SMILES string of the molecule is O=C(O)OO.O=C(O)OO.O=C(O)OO.[Cr]. The van der Waals surface area contributed by atoms with Crippen molar-refractivity contribution >= 4 is 18.5 Å². The van der Waals surface area contributed by atoms with Crippen LogP contribution in [0.2, 0.25) is 0 Å². The molecule has 0 saturated heterocycles. The third kappa shape index (κ3) is 86.3. The molecular weight excluding hydrogens is 280 g/mol. The molecule has 13 heteroatoms. The molecule has 0 aromatic heterocycles. The molecule has 0 aromatic carbocycles. The number of hydrogen-bond donors (Lipinski definition) is 6. The van der Waals surface area contributed by atoms with Crippen molar-refractivity contribution in [2.24, 2.45) is 0 Å². The van der Waals surface area contributed by atoms with Gasteiger partial charge in [0, 0.05) is 17.4 Å². The zero-order valence-corrected chi connectivity index (χ0v) is 8.32. The van der Waals surface area contributed by atoms with E-state index in [1.54, 1.807) is 0 Å². The molecule has 6 N–H and O–H groups in total. The zero-order chi connectivity index (χ0) is 12.9. The van der Waals surface area contributed by atoms with Crippen LogP contribution in [0, 0.1) is 0 Å². The Hall–Kier alpha value is -1.78. The second kappa shape index (κ2) is 18.9. The van der Waals surface area contributed by atoms with Crippen LogP contribution in [0.5, 0.6) is 0 Å². The minimum Gasteiger partial charge on any atom is -0.448 e. The van der Waals surface area contributed by atoms with E-state index in [1.807, 2.05) is 0 Å². The van der Waals surface area contributed by atoms with Gasteiger partial charge in [0.15, 0.2) is 0 Å². The molecule has 0 bridgehead atoms. The van der Waals surface area contributed by atoms with Gasteiger partial charge in [-0.1, -0.05) is 0 Å². The molecule has 0 rings (SSSR count). The summed E-state index contributed by atoms with van der Waals surface area (Å²) in [5.41, 5.74) is 0. The van der Waals surface area contributed by atoms with Crippen LogP contribution in [0.3, 0.4) is 0 Å². The van der Waals surface area contributed by atoms with Crippen LogP contribution in [0.1, 0.15) is 0 Å². The Kier molecular flexibility index (Phi) is 28.1. The van der Waals surface area contributed by atoms with Crippen LogP contribution in [0.4, 0.5) is 14.4 Å². The first kappa shape index (κ1) is 23.8. The average molecular weight is 286 g/mol. The van der Waals surface area contributed by atoms with Crippen molar-refractivity contribution in [3.05, 3.63) is 0 Å². The van der Waals surface area contributed by atoms with E-state index >= 15 is 0 Å². The van der Waals surface area contributed by atoms with Crippen LogP contribution in [0.15, 0.2) is 0 Å². The average Bonchev–Trinajstić information content (AvgIpc) is 2.19. The van der Waals surface area contributed by atoms with Gasteiger partial charge in [0.2, 0.25) is 0 Å². The number of carboxylic acid groups (broad SMARTS) is 3. The van der Waals surface area contributed by atoms with E-state index in [4.69, 9.17) is 45.5 Å². The molecule has 0 saturated carbocycles. The molecule has 0 aliphatic heterocycles. The molecule has 0 aliphatic carbocycles. The van der Waals surface area contributed by atoms with Crippen molar-refractivity contribution in [3.63, 3.8) is 0 Å². The van der Waals surface area contributed by atoms with Crippen molar-refractivity contribution in [2.45, 2.75) is 0 Å². The minimum atomic E-state index is -1.69. The topological polar surface area (TPSA) is 200 Å². The van der Waals surface area contributed by atoms with Gasteiger partial charge in [-0.05, 0) is 0 Å². The van der Waals surface area contributed by atoms with E-state index in [9.17, 15) is 0 Å². The molecule has 12 nitrogen and oxygen atoms in total. The van der Waals surface area contributed by atoms with E-state index in [-0.39, 0.29) is 17.4 Å². The third-order valence-electron chi connectivity index (χ3n) is 0.234. The van der Waals surface area contributed by atoms with Crippen molar-refractivity contribution < 1.29 is 77.5 Å². The van der Waals surface area contributed by atoms with Gasteiger partial charge in [0.25, 0.3) is 0 Å². The van der Waals surface area contributed by atoms with E-state index in [1.165, 1.54) is 0 Å². The van der Waals surface area contributed by atoms with Crippen LogP contribution in [0.25, 0.3) is 0 Å². The Balaban J connectivity index is -0.0000000655. The maximum atomic E-state index is 8.90. The van der Waals surface area contributed by atoms with Gasteiger partial charge in [0.1, 0.15) is 0 Å². The molecule has 0 radical (unpaired) electrons. The molecular formula is C3H6CrO12. The molecule has 96 valence electrons. The quantitative estimate of drug-likeness (QED) is 0.204. The van der Waals surface area contributed by atoms with Gasteiger partial charge in [-0.2, -0.15) is 15.8 Å². The van der Waals surface area contributed by atoms with E-state index < -0.39 is 18.5 Å². The molecule has 16 heavy (non-hydrogen) atoms. The van der Waals surface area contributed by atoms with Crippen LogP contribution >= 0.6 is 0 Å². The Labute approximate surface area is 96.7 Å². The Bertz CT molecular complexity index is 155.